The molecule has 2 fully saturated rings. The number of aliphatic carboxylic acids is 1. The predicted octanol–water partition coefficient (Wildman–Crippen LogP) is 2.91. The summed E-state index contributed by atoms with van der Waals surface area (Å²) in [7, 11) is 1.45. The number of benzene rings is 2. The minimum absolute atomic E-state index is 0.0176. The molecule has 3 unspecified atom stereocenters. The van der Waals surface area contributed by atoms with Crippen LogP contribution in [0.3, 0.4) is 0 Å². The summed E-state index contributed by atoms with van der Waals surface area (Å²) in [6, 6.07) is 15.0. The molecule has 4 atom stereocenters. The summed E-state index contributed by atoms with van der Waals surface area (Å²) in [5.74, 6) is -1.15. The van der Waals surface area contributed by atoms with Gasteiger partial charge in [-0.1, -0.05) is 48.5 Å². The maximum Gasteiger partial charge on any atom is 0.407 e. The van der Waals surface area contributed by atoms with E-state index < -0.39 is 29.4 Å². The third-order valence-electron chi connectivity index (χ3n) is 7.47. The van der Waals surface area contributed by atoms with Crippen LogP contribution in [-0.4, -0.2) is 55.5 Å². The number of alkyl carbamates (subject to hydrolysis) is 1. The van der Waals surface area contributed by atoms with Crippen LogP contribution in [-0.2, 0) is 19.1 Å². The Kier molecular flexibility index (Phi) is 5.77. The SMILES string of the molecule is COC[C@H](NC(=O)OCC1c2ccccc2-c2ccccc21)C(=O)NC1CC2CC2(C(=O)O)C1. The summed E-state index contributed by atoms with van der Waals surface area (Å²) in [6.45, 7) is 0.128. The van der Waals surface area contributed by atoms with E-state index in [9.17, 15) is 19.5 Å². The highest BCUT2D eigenvalue weighted by molar-refractivity contribution is 5.86. The Labute approximate surface area is 197 Å². The van der Waals surface area contributed by atoms with E-state index in [-0.39, 0.29) is 31.1 Å². The first-order valence-electron chi connectivity index (χ1n) is 11.6. The van der Waals surface area contributed by atoms with Crippen molar-refractivity contribution in [2.45, 2.75) is 37.3 Å². The lowest BCUT2D eigenvalue weighted by Gasteiger charge is -2.22. The Bertz CT molecular complexity index is 1090. The maximum atomic E-state index is 12.8. The minimum atomic E-state index is -0.932. The van der Waals surface area contributed by atoms with E-state index in [1.165, 1.54) is 7.11 Å². The molecule has 8 heteroatoms. The lowest BCUT2D eigenvalue weighted by Crippen LogP contribution is -2.51. The number of carboxylic acid groups (broad SMARTS) is 1. The quantitative estimate of drug-likeness (QED) is 0.554. The van der Waals surface area contributed by atoms with Gasteiger partial charge in [-0.05, 0) is 47.4 Å². The highest BCUT2D eigenvalue weighted by Crippen LogP contribution is 2.63. The van der Waals surface area contributed by atoms with E-state index in [1.807, 2.05) is 36.4 Å². The van der Waals surface area contributed by atoms with Crippen LogP contribution in [0.4, 0.5) is 4.79 Å². The summed E-state index contributed by atoms with van der Waals surface area (Å²) < 4.78 is 10.7. The first kappa shape index (κ1) is 22.4. The molecule has 2 aromatic carbocycles. The number of hydrogen-bond donors (Lipinski definition) is 3. The average Bonchev–Trinajstić information content (AvgIpc) is 3.26. The van der Waals surface area contributed by atoms with Gasteiger partial charge < -0.3 is 25.2 Å². The second kappa shape index (κ2) is 8.76. The van der Waals surface area contributed by atoms with Gasteiger partial charge in [-0.2, -0.15) is 0 Å². The van der Waals surface area contributed by atoms with Crippen molar-refractivity contribution in [3.8, 4) is 11.1 Å². The van der Waals surface area contributed by atoms with Gasteiger partial charge in [0.05, 0.1) is 12.0 Å². The molecule has 2 saturated carbocycles. The van der Waals surface area contributed by atoms with E-state index in [2.05, 4.69) is 22.8 Å². The first-order chi connectivity index (χ1) is 16.4. The third kappa shape index (κ3) is 3.92. The molecule has 0 bridgehead atoms. The monoisotopic (exact) mass is 464 g/mol. The number of carboxylic acids is 1. The van der Waals surface area contributed by atoms with Crippen LogP contribution in [0.15, 0.2) is 48.5 Å². The molecular weight excluding hydrogens is 436 g/mol. The molecule has 0 heterocycles. The van der Waals surface area contributed by atoms with Crippen molar-refractivity contribution in [3.63, 3.8) is 0 Å². The van der Waals surface area contributed by atoms with Crippen molar-refractivity contribution < 1.29 is 29.0 Å². The van der Waals surface area contributed by atoms with Crippen molar-refractivity contribution in [3.05, 3.63) is 59.7 Å². The summed E-state index contributed by atoms with van der Waals surface area (Å²) in [6.07, 6.45) is 1.04. The van der Waals surface area contributed by atoms with E-state index in [1.54, 1.807) is 0 Å². The first-order valence-corrected chi connectivity index (χ1v) is 11.6. The Morgan fingerprint density at radius 2 is 1.71 bits per heavy atom. The molecule has 0 saturated heterocycles. The van der Waals surface area contributed by atoms with Crippen molar-refractivity contribution >= 4 is 18.0 Å². The number of carbonyl (C=O) groups excluding carboxylic acids is 2. The number of ether oxygens (including phenoxy) is 2. The molecule has 8 nitrogen and oxygen atoms in total. The highest BCUT2D eigenvalue weighted by atomic mass is 16.5. The summed E-state index contributed by atoms with van der Waals surface area (Å²) in [5, 5.41) is 14.9. The van der Waals surface area contributed by atoms with Crippen LogP contribution in [0, 0.1) is 11.3 Å². The van der Waals surface area contributed by atoms with Gasteiger partial charge in [-0.25, -0.2) is 4.79 Å². The van der Waals surface area contributed by atoms with Gasteiger partial charge in [0.1, 0.15) is 12.6 Å². The van der Waals surface area contributed by atoms with Gasteiger partial charge in [-0.3, -0.25) is 9.59 Å². The molecule has 2 aromatic rings. The number of amides is 2. The Morgan fingerprint density at radius 3 is 2.29 bits per heavy atom. The fraction of sp³-hybridized carbons (Fsp3) is 0.423. The zero-order chi connectivity index (χ0) is 23.9. The number of methoxy groups -OCH3 is 1. The number of hydrogen-bond acceptors (Lipinski definition) is 5. The molecule has 0 aromatic heterocycles. The fourth-order valence-corrected chi connectivity index (χ4v) is 5.70. The topological polar surface area (TPSA) is 114 Å². The molecule has 0 radical (unpaired) electrons. The molecule has 0 aliphatic heterocycles. The minimum Gasteiger partial charge on any atom is -0.481 e. The number of rotatable bonds is 8. The van der Waals surface area contributed by atoms with Gasteiger partial charge in [-0.15, -0.1) is 0 Å². The van der Waals surface area contributed by atoms with Crippen molar-refractivity contribution in [1.82, 2.24) is 10.6 Å². The average molecular weight is 465 g/mol. The Morgan fingerprint density at radius 1 is 1.06 bits per heavy atom. The zero-order valence-corrected chi connectivity index (χ0v) is 19.0. The van der Waals surface area contributed by atoms with Gasteiger partial charge in [0, 0.05) is 19.1 Å². The predicted molar refractivity (Wildman–Crippen MR) is 123 cm³/mol. The Balaban J connectivity index is 1.19. The van der Waals surface area contributed by atoms with Gasteiger partial charge in [0.25, 0.3) is 0 Å². The molecule has 178 valence electrons. The highest BCUT2D eigenvalue weighted by Gasteiger charge is 2.65. The second-order valence-electron chi connectivity index (χ2n) is 9.49. The number of carbonyl (C=O) groups is 3. The van der Waals surface area contributed by atoms with Gasteiger partial charge in [0.2, 0.25) is 5.91 Å². The van der Waals surface area contributed by atoms with Crippen molar-refractivity contribution in [1.29, 1.82) is 0 Å². The van der Waals surface area contributed by atoms with Crippen molar-refractivity contribution in [2.24, 2.45) is 11.3 Å². The number of fused-ring (bicyclic) bond motifs is 4. The van der Waals surface area contributed by atoms with E-state index in [0.29, 0.717) is 19.3 Å². The summed E-state index contributed by atoms with van der Waals surface area (Å²) >= 11 is 0. The van der Waals surface area contributed by atoms with E-state index in [4.69, 9.17) is 9.47 Å². The molecule has 3 aliphatic carbocycles. The van der Waals surface area contributed by atoms with Crippen LogP contribution >= 0.6 is 0 Å². The largest absolute Gasteiger partial charge is 0.481 e. The van der Waals surface area contributed by atoms with Crippen LogP contribution < -0.4 is 10.6 Å². The van der Waals surface area contributed by atoms with Crippen LogP contribution in [0.25, 0.3) is 11.1 Å². The summed E-state index contributed by atoms with van der Waals surface area (Å²) in [4.78, 5) is 36.9. The van der Waals surface area contributed by atoms with Crippen LogP contribution in [0.5, 0.6) is 0 Å². The van der Waals surface area contributed by atoms with Crippen molar-refractivity contribution in [2.75, 3.05) is 20.3 Å². The maximum absolute atomic E-state index is 12.8. The smallest absolute Gasteiger partial charge is 0.407 e. The normalized spacial score (nSPS) is 25.0. The second-order valence-corrected chi connectivity index (χ2v) is 9.49. The molecule has 34 heavy (non-hydrogen) atoms. The lowest BCUT2D eigenvalue weighted by molar-refractivity contribution is -0.143. The van der Waals surface area contributed by atoms with E-state index >= 15 is 0 Å². The summed E-state index contributed by atoms with van der Waals surface area (Å²) in [5.41, 5.74) is 3.80. The molecule has 3 N–H and O–H groups in total. The van der Waals surface area contributed by atoms with Crippen LogP contribution in [0.1, 0.15) is 36.3 Å². The molecule has 0 spiro atoms. The molecule has 2 amide bonds. The van der Waals surface area contributed by atoms with Crippen LogP contribution in [0.2, 0.25) is 0 Å². The van der Waals surface area contributed by atoms with E-state index in [0.717, 1.165) is 22.3 Å². The van der Waals surface area contributed by atoms with Gasteiger partial charge in [0.15, 0.2) is 0 Å². The third-order valence-corrected chi connectivity index (χ3v) is 7.47. The Hall–Kier alpha value is -3.39. The molecule has 3 aliphatic rings. The molecular formula is C26H28N2O6. The standard InChI is InChI=1S/C26H28N2O6/c1-33-14-22(23(29)27-16-10-15-11-26(15,12-16)24(30)31)28-25(32)34-13-21-19-8-4-2-6-17(19)18-7-3-5-9-20(18)21/h2-9,15-16,21-22H,10-14H2,1H3,(H,27,29)(H,28,32)(H,30,31)/t15?,16?,22-,26?/m0/s1. The van der Waals surface area contributed by atoms with Gasteiger partial charge >= 0.3 is 12.1 Å². The molecule has 5 rings (SSSR count). The zero-order valence-electron chi connectivity index (χ0n) is 19.0. The lowest BCUT2D eigenvalue weighted by atomic mass is 9.98. The fourth-order valence-electron chi connectivity index (χ4n) is 5.70. The number of nitrogens with one attached hydrogen (secondary N) is 2.